The van der Waals surface area contributed by atoms with Crippen molar-refractivity contribution in [3.05, 3.63) is 40.9 Å². The Bertz CT molecular complexity index is 790. The SMILES string of the molecule is CCNC(=NCC(=O)NC(C)(C)C)NCCc1csc(-c2ccc(C)cc2)n1. The first kappa shape index (κ1) is 21.9. The van der Waals surface area contributed by atoms with Gasteiger partial charge in [0.1, 0.15) is 11.6 Å². The molecule has 0 saturated heterocycles. The first-order chi connectivity index (χ1) is 13.3. The van der Waals surface area contributed by atoms with E-state index in [2.05, 4.69) is 57.5 Å². The van der Waals surface area contributed by atoms with E-state index in [1.807, 2.05) is 27.7 Å². The van der Waals surface area contributed by atoms with Crippen molar-refractivity contribution < 1.29 is 4.79 Å². The number of aliphatic imine (C=N–C) groups is 1. The molecule has 0 saturated carbocycles. The minimum Gasteiger partial charge on any atom is -0.357 e. The summed E-state index contributed by atoms with van der Waals surface area (Å²) in [7, 11) is 0. The van der Waals surface area contributed by atoms with Crippen LogP contribution >= 0.6 is 11.3 Å². The van der Waals surface area contributed by atoms with Gasteiger partial charge in [0.25, 0.3) is 0 Å². The van der Waals surface area contributed by atoms with E-state index < -0.39 is 0 Å². The summed E-state index contributed by atoms with van der Waals surface area (Å²) in [5, 5.41) is 12.5. The monoisotopic (exact) mass is 401 g/mol. The highest BCUT2D eigenvalue weighted by atomic mass is 32.1. The Morgan fingerprint density at radius 1 is 1.18 bits per heavy atom. The van der Waals surface area contributed by atoms with Crippen molar-refractivity contribution in [2.75, 3.05) is 19.6 Å². The summed E-state index contributed by atoms with van der Waals surface area (Å²) in [5.41, 5.74) is 3.19. The summed E-state index contributed by atoms with van der Waals surface area (Å²) in [4.78, 5) is 21.0. The van der Waals surface area contributed by atoms with Gasteiger partial charge in [0.15, 0.2) is 5.96 Å². The molecule has 6 nitrogen and oxygen atoms in total. The van der Waals surface area contributed by atoms with Crippen molar-refractivity contribution in [3.63, 3.8) is 0 Å². The van der Waals surface area contributed by atoms with Crippen molar-refractivity contribution >= 4 is 23.2 Å². The van der Waals surface area contributed by atoms with Gasteiger partial charge in [0.05, 0.1) is 5.69 Å². The molecule has 152 valence electrons. The van der Waals surface area contributed by atoms with Crippen LogP contribution < -0.4 is 16.0 Å². The molecule has 1 aromatic heterocycles. The van der Waals surface area contributed by atoms with Gasteiger partial charge >= 0.3 is 0 Å². The van der Waals surface area contributed by atoms with Gasteiger partial charge in [0, 0.05) is 36.0 Å². The number of nitrogens with zero attached hydrogens (tertiary/aromatic N) is 2. The lowest BCUT2D eigenvalue weighted by Gasteiger charge is -2.20. The number of nitrogens with one attached hydrogen (secondary N) is 3. The van der Waals surface area contributed by atoms with Crippen LogP contribution in [0.2, 0.25) is 0 Å². The maximum absolute atomic E-state index is 11.9. The van der Waals surface area contributed by atoms with E-state index in [0.29, 0.717) is 12.5 Å². The number of rotatable bonds is 7. The Morgan fingerprint density at radius 2 is 1.89 bits per heavy atom. The lowest BCUT2D eigenvalue weighted by molar-refractivity contribution is -0.121. The summed E-state index contributed by atoms with van der Waals surface area (Å²) < 4.78 is 0. The smallest absolute Gasteiger partial charge is 0.242 e. The fourth-order valence-electron chi connectivity index (χ4n) is 2.51. The molecule has 7 heteroatoms. The number of guanidine groups is 1. The number of aromatic nitrogens is 1. The largest absolute Gasteiger partial charge is 0.357 e. The van der Waals surface area contributed by atoms with Crippen LogP contribution in [0.3, 0.4) is 0 Å². The second kappa shape index (κ2) is 10.2. The second-order valence-corrected chi connectivity index (χ2v) is 8.54. The van der Waals surface area contributed by atoms with Gasteiger partial charge in [-0.3, -0.25) is 4.79 Å². The summed E-state index contributed by atoms with van der Waals surface area (Å²) in [5.74, 6) is 0.549. The van der Waals surface area contributed by atoms with E-state index >= 15 is 0 Å². The molecule has 0 aliphatic rings. The fraction of sp³-hybridized carbons (Fsp3) is 0.476. The third kappa shape index (κ3) is 7.68. The molecule has 2 aromatic rings. The molecule has 0 radical (unpaired) electrons. The Morgan fingerprint density at radius 3 is 2.54 bits per heavy atom. The van der Waals surface area contributed by atoms with Crippen LogP contribution in [0.15, 0.2) is 34.6 Å². The number of thiazole rings is 1. The highest BCUT2D eigenvalue weighted by molar-refractivity contribution is 7.13. The van der Waals surface area contributed by atoms with E-state index in [1.165, 1.54) is 5.56 Å². The Kier molecular flexibility index (Phi) is 7.99. The maximum atomic E-state index is 11.9. The average molecular weight is 402 g/mol. The zero-order chi connectivity index (χ0) is 20.6. The highest BCUT2D eigenvalue weighted by Gasteiger charge is 2.13. The summed E-state index contributed by atoms with van der Waals surface area (Å²) in [6, 6.07) is 8.42. The molecule has 1 aromatic carbocycles. The Balaban J connectivity index is 1.86. The van der Waals surface area contributed by atoms with E-state index in [9.17, 15) is 4.79 Å². The number of hydrogen-bond acceptors (Lipinski definition) is 4. The number of benzene rings is 1. The van der Waals surface area contributed by atoms with Crippen LogP contribution in [-0.2, 0) is 11.2 Å². The minimum absolute atomic E-state index is 0.0908. The normalized spacial score (nSPS) is 12.0. The van der Waals surface area contributed by atoms with Crippen molar-refractivity contribution in [1.29, 1.82) is 0 Å². The molecular weight excluding hydrogens is 370 g/mol. The first-order valence-corrected chi connectivity index (χ1v) is 10.5. The van der Waals surface area contributed by atoms with Crippen molar-refractivity contribution in [2.24, 2.45) is 4.99 Å². The van der Waals surface area contributed by atoms with E-state index in [4.69, 9.17) is 4.98 Å². The van der Waals surface area contributed by atoms with Crippen LogP contribution in [0.4, 0.5) is 0 Å². The summed E-state index contributed by atoms with van der Waals surface area (Å²) >= 11 is 1.66. The van der Waals surface area contributed by atoms with Gasteiger partial charge in [-0.15, -0.1) is 11.3 Å². The number of amides is 1. The molecule has 28 heavy (non-hydrogen) atoms. The molecule has 2 rings (SSSR count). The molecule has 1 amide bonds. The van der Waals surface area contributed by atoms with Gasteiger partial charge in [-0.05, 0) is 34.6 Å². The van der Waals surface area contributed by atoms with Crippen molar-refractivity contribution in [1.82, 2.24) is 20.9 Å². The zero-order valence-electron chi connectivity index (χ0n) is 17.4. The van der Waals surface area contributed by atoms with Crippen LogP contribution in [-0.4, -0.2) is 42.0 Å². The van der Waals surface area contributed by atoms with Crippen LogP contribution in [0.1, 0.15) is 39.0 Å². The van der Waals surface area contributed by atoms with Crippen molar-refractivity contribution in [3.8, 4) is 10.6 Å². The third-order valence-electron chi connectivity index (χ3n) is 3.76. The van der Waals surface area contributed by atoms with Gasteiger partial charge in [-0.2, -0.15) is 0 Å². The quantitative estimate of drug-likeness (QED) is 0.492. The molecular formula is C21H31N5OS. The van der Waals surface area contributed by atoms with Crippen LogP contribution in [0.5, 0.6) is 0 Å². The lowest BCUT2D eigenvalue weighted by Crippen LogP contribution is -2.43. The number of aryl methyl sites for hydroxylation is 1. The highest BCUT2D eigenvalue weighted by Crippen LogP contribution is 2.24. The van der Waals surface area contributed by atoms with E-state index in [0.717, 1.165) is 29.2 Å². The molecule has 0 bridgehead atoms. The molecule has 0 aliphatic heterocycles. The van der Waals surface area contributed by atoms with E-state index in [-0.39, 0.29) is 18.0 Å². The number of carbonyl (C=O) groups excluding carboxylic acids is 1. The Hall–Kier alpha value is -2.41. The zero-order valence-corrected chi connectivity index (χ0v) is 18.2. The van der Waals surface area contributed by atoms with Gasteiger partial charge in [-0.25, -0.2) is 9.98 Å². The Labute approximate surface area is 171 Å². The lowest BCUT2D eigenvalue weighted by atomic mass is 10.1. The van der Waals surface area contributed by atoms with Gasteiger partial charge in [-0.1, -0.05) is 29.8 Å². The fourth-order valence-corrected chi connectivity index (χ4v) is 3.37. The standard InChI is InChI=1S/C21H31N5OS/c1-6-22-20(24-13-18(27)26-21(3,4)5)23-12-11-17-14-28-19(25-17)16-9-7-15(2)8-10-16/h7-10,14H,6,11-13H2,1-5H3,(H,26,27)(H2,22,23,24). The van der Waals surface area contributed by atoms with Crippen LogP contribution in [0.25, 0.3) is 10.6 Å². The topological polar surface area (TPSA) is 78.4 Å². The first-order valence-electron chi connectivity index (χ1n) is 9.61. The average Bonchev–Trinajstić information content (AvgIpc) is 3.07. The summed E-state index contributed by atoms with van der Waals surface area (Å²) in [6.45, 7) is 11.5. The van der Waals surface area contributed by atoms with Crippen LogP contribution in [0, 0.1) is 6.92 Å². The van der Waals surface area contributed by atoms with Crippen molar-refractivity contribution in [2.45, 2.75) is 46.6 Å². The molecule has 0 fully saturated rings. The molecule has 0 spiro atoms. The predicted octanol–water partition coefficient (Wildman–Crippen LogP) is 3.13. The second-order valence-electron chi connectivity index (χ2n) is 7.68. The predicted molar refractivity (Wildman–Crippen MR) is 118 cm³/mol. The summed E-state index contributed by atoms with van der Waals surface area (Å²) in [6.07, 6.45) is 0.793. The molecule has 1 heterocycles. The third-order valence-corrected chi connectivity index (χ3v) is 4.70. The van der Waals surface area contributed by atoms with E-state index in [1.54, 1.807) is 11.3 Å². The molecule has 3 N–H and O–H groups in total. The number of hydrogen-bond donors (Lipinski definition) is 3. The molecule has 0 unspecified atom stereocenters. The minimum atomic E-state index is -0.252. The van der Waals surface area contributed by atoms with Gasteiger partial charge in [0.2, 0.25) is 5.91 Å². The van der Waals surface area contributed by atoms with Gasteiger partial charge < -0.3 is 16.0 Å². The molecule has 0 atom stereocenters. The number of carbonyl (C=O) groups is 1. The molecule has 0 aliphatic carbocycles. The maximum Gasteiger partial charge on any atom is 0.242 e.